The molecule has 10 nitrogen and oxygen atoms in total. The van der Waals surface area contributed by atoms with Crippen molar-refractivity contribution in [1.82, 2.24) is 10.6 Å². The summed E-state index contributed by atoms with van der Waals surface area (Å²) in [5.74, 6) is 0. The van der Waals surface area contributed by atoms with Gasteiger partial charge < -0.3 is 14.9 Å². The third-order valence-electron chi connectivity index (χ3n) is 3.50. The molecule has 1 rings (SSSR count). The molecule has 2 atom stereocenters. The maximum atomic E-state index is 11.1. The minimum absolute atomic E-state index is 0.191. The second-order valence-corrected chi connectivity index (χ2v) is 5.64. The lowest BCUT2D eigenvalue weighted by atomic mass is 10.1. The standard InChI is InChI=1S/C17H30N2O8/c1-3-11-21-22-13-8-10-19-14-24-23-12-7-5-4-6-9-15-16(27-26-15)25-17(20)18-2/h11,15-16,19H,1,4-10,12-14H2,2H3,(H,18,20). The minimum Gasteiger partial charge on any atom is -0.414 e. The molecule has 0 spiro atoms. The van der Waals surface area contributed by atoms with Gasteiger partial charge in [-0.05, 0) is 25.8 Å². The zero-order chi connectivity index (χ0) is 19.6. The Morgan fingerprint density at radius 2 is 1.93 bits per heavy atom. The van der Waals surface area contributed by atoms with Crippen LogP contribution in [0.1, 0.15) is 38.5 Å². The lowest BCUT2D eigenvalue weighted by Gasteiger charge is -2.33. The van der Waals surface area contributed by atoms with Crippen molar-refractivity contribution >= 4 is 6.09 Å². The van der Waals surface area contributed by atoms with Crippen molar-refractivity contribution in [3.05, 3.63) is 18.6 Å². The zero-order valence-electron chi connectivity index (χ0n) is 15.8. The number of nitrogens with one attached hydrogen (secondary N) is 2. The summed E-state index contributed by atoms with van der Waals surface area (Å²) in [5, 5.41) is 5.41. The van der Waals surface area contributed by atoms with Crippen molar-refractivity contribution in [3.8, 4) is 0 Å². The molecule has 0 aliphatic carbocycles. The molecule has 10 heteroatoms. The molecule has 0 bridgehead atoms. The maximum Gasteiger partial charge on any atom is 0.409 e. The third-order valence-corrected chi connectivity index (χ3v) is 3.50. The van der Waals surface area contributed by atoms with Gasteiger partial charge in [0.2, 0.25) is 0 Å². The van der Waals surface area contributed by atoms with E-state index in [1.807, 2.05) is 0 Å². The van der Waals surface area contributed by atoms with Crippen LogP contribution in [0.5, 0.6) is 0 Å². The first-order valence-electron chi connectivity index (χ1n) is 9.06. The van der Waals surface area contributed by atoms with E-state index in [0.717, 1.165) is 45.1 Å². The maximum absolute atomic E-state index is 11.1. The Kier molecular flexibility index (Phi) is 14.3. The first kappa shape index (κ1) is 23.4. The summed E-state index contributed by atoms with van der Waals surface area (Å²) in [5.41, 5.74) is 2.43. The van der Waals surface area contributed by atoms with Gasteiger partial charge in [0.05, 0.1) is 13.2 Å². The molecule has 0 aromatic heterocycles. The highest BCUT2D eigenvalue weighted by Crippen LogP contribution is 2.23. The summed E-state index contributed by atoms with van der Waals surface area (Å²) in [6.45, 7) is 5.38. The fourth-order valence-corrected chi connectivity index (χ4v) is 2.07. The van der Waals surface area contributed by atoms with Crippen molar-refractivity contribution in [2.24, 2.45) is 0 Å². The van der Waals surface area contributed by atoms with Crippen LogP contribution in [0.3, 0.4) is 0 Å². The topological polar surface area (TPSA) is 106 Å². The summed E-state index contributed by atoms with van der Waals surface area (Å²) in [6, 6.07) is 0. The Balaban J connectivity index is 1.76. The van der Waals surface area contributed by atoms with Crippen molar-refractivity contribution in [2.75, 3.05) is 33.5 Å². The van der Waals surface area contributed by atoms with Gasteiger partial charge in [-0.25, -0.2) is 19.5 Å². The van der Waals surface area contributed by atoms with Crippen LogP contribution >= 0.6 is 0 Å². The Morgan fingerprint density at radius 1 is 1.11 bits per heavy atom. The quantitative estimate of drug-likeness (QED) is 0.0964. The van der Waals surface area contributed by atoms with Crippen LogP contribution < -0.4 is 10.6 Å². The van der Waals surface area contributed by atoms with Crippen molar-refractivity contribution < 1.29 is 38.9 Å². The van der Waals surface area contributed by atoms with Gasteiger partial charge in [-0.1, -0.05) is 31.6 Å². The predicted molar refractivity (Wildman–Crippen MR) is 93.6 cm³/mol. The lowest BCUT2D eigenvalue weighted by Crippen LogP contribution is -2.47. The van der Waals surface area contributed by atoms with Gasteiger partial charge in [-0.15, -0.1) is 0 Å². The van der Waals surface area contributed by atoms with Gasteiger partial charge in [0, 0.05) is 7.05 Å². The van der Waals surface area contributed by atoms with E-state index in [1.54, 1.807) is 0 Å². The van der Waals surface area contributed by atoms with Gasteiger partial charge >= 0.3 is 6.09 Å². The van der Waals surface area contributed by atoms with Crippen molar-refractivity contribution in [3.63, 3.8) is 0 Å². The summed E-state index contributed by atoms with van der Waals surface area (Å²) < 4.78 is 4.97. The van der Waals surface area contributed by atoms with Crippen LogP contribution in [0, 0.1) is 0 Å². The molecule has 156 valence electrons. The van der Waals surface area contributed by atoms with E-state index >= 15 is 0 Å². The summed E-state index contributed by atoms with van der Waals surface area (Å²) in [7, 11) is 1.49. The molecular weight excluding hydrogens is 360 g/mol. The van der Waals surface area contributed by atoms with Gasteiger partial charge in [0.25, 0.3) is 6.29 Å². The molecule has 1 heterocycles. The number of ether oxygens (including phenoxy) is 1. The number of alkyl carbamates (subject to hydrolysis) is 1. The molecular formula is C17H30N2O8. The van der Waals surface area contributed by atoms with E-state index in [4.69, 9.17) is 29.2 Å². The zero-order valence-corrected chi connectivity index (χ0v) is 15.8. The molecule has 1 aliphatic heterocycles. The summed E-state index contributed by atoms with van der Waals surface area (Å²) >= 11 is 0. The number of carbonyl (C=O) groups is 1. The first-order valence-corrected chi connectivity index (χ1v) is 9.06. The fourth-order valence-electron chi connectivity index (χ4n) is 2.07. The number of hydrogen-bond acceptors (Lipinski definition) is 9. The average molecular weight is 390 g/mol. The molecule has 27 heavy (non-hydrogen) atoms. The number of amides is 1. The number of carbonyl (C=O) groups excluding carboxylic acids is 1. The van der Waals surface area contributed by atoms with Gasteiger partial charge in [0.1, 0.15) is 6.73 Å². The van der Waals surface area contributed by atoms with Crippen LogP contribution in [-0.4, -0.2) is 52.0 Å². The number of hydrogen-bond donors (Lipinski definition) is 2. The van der Waals surface area contributed by atoms with E-state index in [-0.39, 0.29) is 6.10 Å². The van der Waals surface area contributed by atoms with E-state index in [9.17, 15) is 4.79 Å². The Bertz CT molecular complexity index is 431. The molecule has 1 saturated heterocycles. The molecule has 0 radical (unpaired) electrons. The number of unbranched alkanes of at least 4 members (excludes halogenated alkanes) is 3. The number of rotatable bonds is 17. The van der Waals surface area contributed by atoms with Gasteiger partial charge in [0.15, 0.2) is 12.4 Å². The molecule has 1 amide bonds. The SMILES string of the molecule is C=C=COOCCCNCOOCCCCCCC1OOC1OC(=O)NC. The Morgan fingerprint density at radius 3 is 2.67 bits per heavy atom. The fraction of sp³-hybridized carbons (Fsp3) is 0.765. The molecule has 0 saturated carbocycles. The Labute approximate surface area is 159 Å². The van der Waals surface area contributed by atoms with Crippen LogP contribution in [0.2, 0.25) is 0 Å². The molecule has 1 fully saturated rings. The van der Waals surface area contributed by atoms with E-state index in [0.29, 0.717) is 19.9 Å². The smallest absolute Gasteiger partial charge is 0.409 e. The first-order chi connectivity index (χ1) is 13.3. The summed E-state index contributed by atoms with van der Waals surface area (Å²) in [4.78, 5) is 40.3. The van der Waals surface area contributed by atoms with Crippen molar-refractivity contribution in [1.29, 1.82) is 0 Å². The molecule has 2 N–H and O–H groups in total. The molecule has 1 aliphatic rings. The molecule has 0 aromatic carbocycles. The summed E-state index contributed by atoms with van der Waals surface area (Å²) in [6.07, 6.45) is 5.38. The lowest BCUT2D eigenvalue weighted by molar-refractivity contribution is -0.510. The van der Waals surface area contributed by atoms with E-state index in [1.165, 1.54) is 13.3 Å². The second-order valence-electron chi connectivity index (χ2n) is 5.64. The van der Waals surface area contributed by atoms with E-state index in [2.05, 4.69) is 27.8 Å². The largest absolute Gasteiger partial charge is 0.414 e. The van der Waals surface area contributed by atoms with Gasteiger partial charge in [-0.2, -0.15) is 9.78 Å². The average Bonchev–Trinajstić information content (AvgIpc) is 2.67. The third kappa shape index (κ3) is 12.4. The Hall–Kier alpha value is -1.65. The van der Waals surface area contributed by atoms with Crippen LogP contribution in [0.25, 0.3) is 0 Å². The minimum atomic E-state index is -0.614. The van der Waals surface area contributed by atoms with Crippen LogP contribution in [0.15, 0.2) is 18.6 Å². The van der Waals surface area contributed by atoms with Crippen LogP contribution in [0.4, 0.5) is 4.79 Å². The van der Waals surface area contributed by atoms with Gasteiger partial charge in [-0.3, -0.25) is 5.32 Å². The monoisotopic (exact) mass is 390 g/mol. The normalized spacial score (nSPS) is 18.3. The second kappa shape index (κ2) is 16.5. The highest BCUT2D eigenvalue weighted by atomic mass is 17.3. The van der Waals surface area contributed by atoms with Crippen LogP contribution in [-0.2, 0) is 34.1 Å². The van der Waals surface area contributed by atoms with E-state index < -0.39 is 12.4 Å². The molecule has 0 aromatic rings. The highest BCUT2D eigenvalue weighted by molar-refractivity contribution is 5.66. The molecule has 2 unspecified atom stereocenters. The predicted octanol–water partition coefficient (Wildman–Crippen LogP) is 2.08. The van der Waals surface area contributed by atoms with Crippen molar-refractivity contribution in [2.45, 2.75) is 50.9 Å². The highest BCUT2D eigenvalue weighted by Gasteiger charge is 2.37.